The van der Waals surface area contributed by atoms with Gasteiger partial charge in [0.15, 0.2) is 0 Å². The van der Waals surface area contributed by atoms with Crippen molar-refractivity contribution in [2.75, 3.05) is 18.0 Å². The Morgan fingerprint density at radius 3 is 2.66 bits per heavy atom. The van der Waals surface area contributed by atoms with Crippen LogP contribution in [0.4, 0.5) is 5.69 Å². The van der Waals surface area contributed by atoms with Gasteiger partial charge >= 0.3 is 0 Å². The molecule has 0 spiro atoms. The predicted octanol–water partition coefficient (Wildman–Crippen LogP) is 3.66. The predicted molar refractivity (Wildman–Crippen MR) is 140 cm³/mol. The molecule has 9 nitrogen and oxygen atoms in total. The number of aliphatic carboxylic acids is 1. The number of carboxylic acids is 1. The molecule has 1 amide bonds. The van der Waals surface area contributed by atoms with Crippen LogP contribution in [0.5, 0.6) is 0 Å². The second-order valence-electron chi connectivity index (χ2n) is 8.39. The Morgan fingerprint density at radius 2 is 1.97 bits per heavy atom. The molecule has 3 heterocycles. The van der Waals surface area contributed by atoms with Crippen molar-refractivity contribution in [3.63, 3.8) is 0 Å². The molecule has 10 heteroatoms. The van der Waals surface area contributed by atoms with E-state index in [1.54, 1.807) is 11.8 Å². The van der Waals surface area contributed by atoms with E-state index in [1.165, 1.54) is 0 Å². The van der Waals surface area contributed by atoms with Crippen LogP contribution in [0.2, 0.25) is 0 Å². The number of H-pyrrole nitrogens is 1. The minimum atomic E-state index is -0.833. The van der Waals surface area contributed by atoms with Gasteiger partial charge < -0.3 is 25.3 Å². The summed E-state index contributed by atoms with van der Waals surface area (Å²) in [4.78, 5) is 43.5. The molecule has 5 rings (SSSR count). The summed E-state index contributed by atoms with van der Waals surface area (Å²) < 4.78 is 3.07. The van der Waals surface area contributed by atoms with E-state index in [2.05, 4.69) is 25.5 Å². The lowest BCUT2D eigenvalue weighted by atomic mass is 10.1. The Labute approximate surface area is 209 Å². The van der Waals surface area contributed by atoms with E-state index >= 15 is 0 Å². The Balaban J connectivity index is 0.000000672. The molecule has 0 aliphatic carbocycles. The summed E-state index contributed by atoms with van der Waals surface area (Å²) in [6, 6.07) is 9.89. The number of aromatic nitrogens is 3. The Hall–Kier alpha value is -3.50. The molecule has 182 valence electrons. The van der Waals surface area contributed by atoms with Crippen LogP contribution in [0.25, 0.3) is 33.2 Å². The SMILES string of the molecule is CC(=O)N1CCc2cc3nc(-c4cn(CCCN)c5ccc(Br)cc45)c(=O)[nH]c3cc21.CC(=O)O. The minimum absolute atomic E-state index is 0.000826. The molecule has 2 aromatic carbocycles. The highest BCUT2D eigenvalue weighted by Crippen LogP contribution is 2.34. The average molecular weight is 540 g/mol. The van der Waals surface area contributed by atoms with Crippen molar-refractivity contribution in [2.24, 2.45) is 5.73 Å². The number of carbonyl (C=O) groups excluding carboxylic acids is 1. The van der Waals surface area contributed by atoms with E-state index in [4.69, 9.17) is 20.6 Å². The van der Waals surface area contributed by atoms with E-state index in [9.17, 15) is 9.59 Å². The highest BCUT2D eigenvalue weighted by Gasteiger charge is 2.24. The quantitative estimate of drug-likeness (QED) is 0.362. The van der Waals surface area contributed by atoms with E-state index in [0.29, 0.717) is 24.3 Å². The summed E-state index contributed by atoms with van der Waals surface area (Å²) in [6.45, 7) is 4.67. The number of anilines is 1. The van der Waals surface area contributed by atoms with Gasteiger partial charge in [-0.3, -0.25) is 14.4 Å². The molecule has 4 N–H and O–H groups in total. The first-order valence-corrected chi connectivity index (χ1v) is 12.0. The normalized spacial score (nSPS) is 12.5. The van der Waals surface area contributed by atoms with Gasteiger partial charge in [-0.2, -0.15) is 0 Å². The number of carbonyl (C=O) groups is 2. The van der Waals surface area contributed by atoms with Crippen LogP contribution in [0, 0.1) is 0 Å². The zero-order valence-electron chi connectivity index (χ0n) is 19.5. The van der Waals surface area contributed by atoms with Crippen molar-refractivity contribution >= 4 is 55.4 Å². The first kappa shape index (κ1) is 24.6. The maximum absolute atomic E-state index is 13.1. The van der Waals surface area contributed by atoms with Crippen molar-refractivity contribution in [2.45, 2.75) is 33.2 Å². The number of aromatic amines is 1. The third-order valence-electron chi connectivity index (χ3n) is 5.87. The van der Waals surface area contributed by atoms with E-state index < -0.39 is 5.97 Å². The van der Waals surface area contributed by atoms with Crippen LogP contribution in [0.3, 0.4) is 0 Å². The highest BCUT2D eigenvalue weighted by atomic mass is 79.9. The molecule has 2 aromatic heterocycles. The topological polar surface area (TPSA) is 134 Å². The van der Waals surface area contributed by atoms with Gasteiger partial charge in [-0.1, -0.05) is 15.9 Å². The fourth-order valence-electron chi connectivity index (χ4n) is 4.38. The molecule has 4 aromatic rings. The van der Waals surface area contributed by atoms with Gasteiger partial charge in [0.25, 0.3) is 11.5 Å². The van der Waals surface area contributed by atoms with Crippen LogP contribution in [0.1, 0.15) is 25.8 Å². The lowest BCUT2D eigenvalue weighted by Crippen LogP contribution is -2.25. The smallest absolute Gasteiger partial charge is 0.300 e. The number of aryl methyl sites for hydroxylation is 1. The number of nitrogens with one attached hydrogen (secondary N) is 1. The first-order valence-electron chi connectivity index (χ1n) is 11.2. The van der Waals surface area contributed by atoms with Gasteiger partial charge in [-0.25, -0.2) is 4.98 Å². The molecule has 0 unspecified atom stereocenters. The summed E-state index contributed by atoms with van der Waals surface area (Å²) in [5, 5.41) is 8.38. The Morgan fingerprint density at radius 1 is 1.23 bits per heavy atom. The molecule has 0 fully saturated rings. The van der Waals surface area contributed by atoms with Crippen molar-refractivity contribution in [3.05, 3.63) is 56.9 Å². The number of hydrogen-bond donors (Lipinski definition) is 3. The zero-order chi connectivity index (χ0) is 25.3. The Bertz CT molecular complexity index is 1500. The molecule has 0 saturated heterocycles. The molecule has 0 radical (unpaired) electrons. The number of carboxylic acid groups (broad SMARTS) is 1. The summed E-state index contributed by atoms with van der Waals surface area (Å²) in [6.07, 6.45) is 3.62. The third-order valence-corrected chi connectivity index (χ3v) is 6.36. The van der Waals surface area contributed by atoms with Gasteiger partial charge in [0.2, 0.25) is 5.91 Å². The fraction of sp³-hybridized carbons (Fsp3) is 0.280. The monoisotopic (exact) mass is 539 g/mol. The van der Waals surface area contributed by atoms with E-state index in [1.807, 2.05) is 36.5 Å². The number of rotatable bonds is 4. The van der Waals surface area contributed by atoms with Crippen LogP contribution < -0.4 is 16.2 Å². The number of benzene rings is 2. The minimum Gasteiger partial charge on any atom is -0.481 e. The van der Waals surface area contributed by atoms with E-state index in [0.717, 1.165) is 64.0 Å². The molecular weight excluding hydrogens is 514 g/mol. The number of halogens is 1. The first-order chi connectivity index (χ1) is 16.7. The van der Waals surface area contributed by atoms with E-state index in [-0.39, 0.29) is 11.5 Å². The fourth-order valence-corrected chi connectivity index (χ4v) is 4.75. The molecule has 35 heavy (non-hydrogen) atoms. The number of fused-ring (bicyclic) bond motifs is 3. The van der Waals surface area contributed by atoms with Crippen molar-refractivity contribution < 1.29 is 14.7 Å². The standard InChI is InChI=1S/C23H22BrN5O2.C2H4O2/c1-13(30)29-8-5-14-9-18-19(11-21(14)29)27-23(31)22(26-18)17-12-28(7-2-6-25)20-4-3-15(24)10-16(17)20;1-2(3)4/h3-4,9-12H,2,5-8,25H2,1H3,(H,27,31);1H3,(H,3,4). The second kappa shape index (κ2) is 10.0. The highest BCUT2D eigenvalue weighted by molar-refractivity contribution is 9.10. The number of amides is 1. The molecular formula is C25H26BrN5O4. The summed E-state index contributed by atoms with van der Waals surface area (Å²) >= 11 is 3.54. The second-order valence-corrected chi connectivity index (χ2v) is 9.31. The van der Waals surface area contributed by atoms with Crippen molar-refractivity contribution in [3.8, 4) is 11.3 Å². The summed E-state index contributed by atoms with van der Waals surface area (Å²) in [5.74, 6) is -0.833. The lowest BCUT2D eigenvalue weighted by Gasteiger charge is -2.15. The summed E-state index contributed by atoms with van der Waals surface area (Å²) in [7, 11) is 0. The molecule has 0 bridgehead atoms. The van der Waals surface area contributed by atoms with Crippen LogP contribution >= 0.6 is 15.9 Å². The van der Waals surface area contributed by atoms with Crippen LogP contribution in [-0.2, 0) is 22.6 Å². The molecule has 0 saturated carbocycles. The number of nitrogens with zero attached hydrogens (tertiary/aromatic N) is 3. The van der Waals surface area contributed by atoms with Crippen LogP contribution in [-0.4, -0.2) is 44.6 Å². The van der Waals surface area contributed by atoms with Crippen molar-refractivity contribution in [1.29, 1.82) is 0 Å². The molecule has 1 aliphatic heterocycles. The lowest BCUT2D eigenvalue weighted by molar-refractivity contribution is -0.134. The van der Waals surface area contributed by atoms with Gasteiger partial charge in [0.05, 0.1) is 11.0 Å². The largest absolute Gasteiger partial charge is 0.481 e. The molecule has 1 aliphatic rings. The van der Waals surface area contributed by atoms with Gasteiger partial charge in [0.1, 0.15) is 5.69 Å². The average Bonchev–Trinajstić information content (AvgIpc) is 3.36. The van der Waals surface area contributed by atoms with Gasteiger partial charge in [-0.15, -0.1) is 0 Å². The maximum atomic E-state index is 13.1. The van der Waals surface area contributed by atoms with Gasteiger partial charge in [0, 0.05) is 59.8 Å². The number of hydrogen-bond acceptors (Lipinski definition) is 5. The van der Waals surface area contributed by atoms with Crippen LogP contribution in [0.15, 0.2) is 45.8 Å². The maximum Gasteiger partial charge on any atom is 0.300 e. The Kier molecular flexibility index (Phi) is 7.04. The molecule has 0 atom stereocenters. The third kappa shape index (κ3) is 4.98. The zero-order valence-corrected chi connectivity index (χ0v) is 21.1. The summed E-state index contributed by atoms with van der Waals surface area (Å²) in [5.41, 5.74) is 11.0. The van der Waals surface area contributed by atoms with Crippen molar-refractivity contribution in [1.82, 2.24) is 14.5 Å². The number of nitrogens with two attached hydrogens (primary N) is 1. The van der Waals surface area contributed by atoms with Gasteiger partial charge in [-0.05, 0) is 55.3 Å².